The number of hydrogen-bond acceptors (Lipinski definition) is 4. The number of rotatable bonds is 2. The smallest absolute Gasteiger partial charge is 0.124 e. The maximum atomic E-state index is 4.85. The zero-order valence-electron chi connectivity index (χ0n) is 9.66. The average molecular weight is 209 g/mol. The second-order valence-corrected chi connectivity index (χ2v) is 5.01. The lowest BCUT2D eigenvalue weighted by molar-refractivity contribution is 0.0954. The fourth-order valence-corrected chi connectivity index (χ4v) is 2.01. The van der Waals surface area contributed by atoms with E-state index in [-0.39, 0.29) is 5.54 Å². The molecule has 0 amide bonds. The monoisotopic (exact) mass is 209 g/mol. The van der Waals surface area contributed by atoms with Crippen molar-refractivity contribution in [1.82, 2.24) is 15.4 Å². The van der Waals surface area contributed by atoms with E-state index in [2.05, 4.69) is 36.1 Å². The molecule has 1 saturated heterocycles. The van der Waals surface area contributed by atoms with Gasteiger partial charge >= 0.3 is 0 Å². The van der Waals surface area contributed by atoms with Crippen LogP contribution in [0.1, 0.15) is 26.5 Å². The van der Waals surface area contributed by atoms with Crippen LogP contribution in [-0.2, 0) is 6.54 Å². The molecule has 1 N–H and O–H groups in total. The molecule has 4 heteroatoms. The summed E-state index contributed by atoms with van der Waals surface area (Å²) in [6.07, 6.45) is 1.63. The Bertz CT molecular complexity index is 308. The Labute approximate surface area is 90.6 Å². The summed E-state index contributed by atoms with van der Waals surface area (Å²) in [7, 11) is 0. The molecule has 1 aliphatic rings. The predicted molar refractivity (Wildman–Crippen MR) is 58.5 cm³/mol. The third kappa shape index (κ3) is 2.58. The Morgan fingerprint density at radius 2 is 2.47 bits per heavy atom. The zero-order chi connectivity index (χ0) is 10.9. The standard InChI is InChI=1S/C11H19N3O/c1-9-6-12-11(2,3)8-14(9)7-10-4-5-15-13-10/h4-5,9,12H,6-8H2,1-3H3. The van der Waals surface area contributed by atoms with Crippen molar-refractivity contribution < 1.29 is 4.52 Å². The van der Waals surface area contributed by atoms with Crippen molar-refractivity contribution in [2.24, 2.45) is 0 Å². The molecular formula is C11H19N3O. The molecule has 15 heavy (non-hydrogen) atoms. The molecule has 2 heterocycles. The summed E-state index contributed by atoms with van der Waals surface area (Å²) in [5, 5.41) is 7.49. The minimum Gasteiger partial charge on any atom is -0.364 e. The minimum atomic E-state index is 0.191. The molecule has 0 saturated carbocycles. The van der Waals surface area contributed by atoms with Gasteiger partial charge in [-0.1, -0.05) is 5.16 Å². The van der Waals surface area contributed by atoms with Gasteiger partial charge in [0.15, 0.2) is 0 Å². The number of aromatic nitrogens is 1. The first-order valence-corrected chi connectivity index (χ1v) is 5.45. The van der Waals surface area contributed by atoms with Crippen LogP contribution in [0.3, 0.4) is 0 Å². The molecule has 2 rings (SSSR count). The van der Waals surface area contributed by atoms with E-state index in [1.807, 2.05) is 6.07 Å². The van der Waals surface area contributed by atoms with E-state index >= 15 is 0 Å². The van der Waals surface area contributed by atoms with Crippen molar-refractivity contribution >= 4 is 0 Å². The first kappa shape index (κ1) is 10.6. The number of nitrogens with zero attached hydrogens (tertiary/aromatic N) is 2. The molecule has 1 atom stereocenters. The summed E-state index contributed by atoms with van der Waals surface area (Å²) >= 11 is 0. The van der Waals surface area contributed by atoms with Crippen molar-refractivity contribution in [3.05, 3.63) is 18.0 Å². The molecule has 1 aromatic heterocycles. The molecule has 0 bridgehead atoms. The van der Waals surface area contributed by atoms with Gasteiger partial charge in [0, 0.05) is 37.3 Å². The van der Waals surface area contributed by atoms with Crippen LogP contribution in [0, 0.1) is 0 Å². The summed E-state index contributed by atoms with van der Waals surface area (Å²) < 4.78 is 4.85. The van der Waals surface area contributed by atoms with Crippen LogP contribution in [-0.4, -0.2) is 34.7 Å². The molecule has 0 radical (unpaired) electrons. The second-order valence-electron chi connectivity index (χ2n) is 5.01. The number of nitrogens with one attached hydrogen (secondary N) is 1. The molecule has 0 spiro atoms. The van der Waals surface area contributed by atoms with E-state index in [4.69, 9.17) is 4.52 Å². The van der Waals surface area contributed by atoms with Crippen molar-refractivity contribution in [2.45, 2.75) is 38.9 Å². The van der Waals surface area contributed by atoms with E-state index in [0.29, 0.717) is 6.04 Å². The van der Waals surface area contributed by atoms with Crippen molar-refractivity contribution in [3.8, 4) is 0 Å². The maximum absolute atomic E-state index is 4.85. The molecule has 1 aliphatic heterocycles. The van der Waals surface area contributed by atoms with E-state index in [1.165, 1.54) is 0 Å². The van der Waals surface area contributed by atoms with Crippen molar-refractivity contribution in [3.63, 3.8) is 0 Å². The quantitative estimate of drug-likeness (QED) is 0.796. The third-order valence-corrected chi connectivity index (χ3v) is 2.95. The van der Waals surface area contributed by atoms with Gasteiger partial charge < -0.3 is 9.84 Å². The maximum Gasteiger partial charge on any atom is 0.124 e. The van der Waals surface area contributed by atoms with E-state index in [1.54, 1.807) is 6.26 Å². The summed E-state index contributed by atoms with van der Waals surface area (Å²) in [4.78, 5) is 2.44. The molecule has 4 nitrogen and oxygen atoms in total. The van der Waals surface area contributed by atoms with E-state index in [0.717, 1.165) is 25.3 Å². The molecule has 1 aromatic rings. The number of hydrogen-bond donors (Lipinski definition) is 1. The average Bonchev–Trinajstić information content (AvgIpc) is 2.64. The molecule has 1 unspecified atom stereocenters. The van der Waals surface area contributed by atoms with Gasteiger partial charge in [-0.2, -0.15) is 0 Å². The summed E-state index contributed by atoms with van der Waals surface area (Å²) in [5.41, 5.74) is 1.20. The van der Waals surface area contributed by atoms with Gasteiger partial charge in [0.1, 0.15) is 6.26 Å². The molecule has 0 aromatic carbocycles. The highest BCUT2D eigenvalue weighted by atomic mass is 16.5. The van der Waals surface area contributed by atoms with Gasteiger partial charge in [0.05, 0.1) is 5.69 Å². The topological polar surface area (TPSA) is 41.3 Å². The highest BCUT2D eigenvalue weighted by Crippen LogP contribution is 2.16. The highest BCUT2D eigenvalue weighted by molar-refractivity contribution is 4.98. The minimum absolute atomic E-state index is 0.191. The summed E-state index contributed by atoms with van der Waals surface area (Å²) in [5.74, 6) is 0. The summed E-state index contributed by atoms with van der Waals surface area (Å²) in [6, 6.07) is 2.48. The lowest BCUT2D eigenvalue weighted by atomic mass is 9.99. The SMILES string of the molecule is CC1CNC(C)(C)CN1Cc1ccon1. The van der Waals surface area contributed by atoms with Gasteiger partial charge in [-0.3, -0.25) is 4.90 Å². The molecule has 1 fully saturated rings. The van der Waals surface area contributed by atoms with E-state index < -0.39 is 0 Å². The zero-order valence-corrected chi connectivity index (χ0v) is 9.66. The van der Waals surface area contributed by atoms with Crippen molar-refractivity contribution in [1.29, 1.82) is 0 Å². The van der Waals surface area contributed by atoms with Crippen LogP contribution in [0.4, 0.5) is 0 Å². The second kappa shape index (κ2) is 3.94. The first-order valence-electron chi connectivity index (χ1n) is 5.45. The Morgan fingerprint density at radius 3 is 3.13 bits per heavy atom. The molecule has 84 valence electrons. The van der Waals surface area contributed by atoms with Crippen LogP contribution in [0.2, 0.25) is 0 Å². The fraction of sp³-hybridized carbons (Fsp3) is 0.727. The third-order valence-electron chi connectivity index (χ3n) is 2.95. The predicted octanol–water partition coefficient (Wildman–Crippen LogP) is 1.25. The van der Waals surface area contributed by atoms with Gasteiger partial charge in [-0.05, 0) is 20.8 Å². The number of piperazine rings is 1. The van der Waals surface area contributed by atoms with Crippen LogP contribution in [0.25, 0.3) is 0 Å². The summed E-state index contributed by atoms with van der Waals surface area (Å²) in [6.45, 7) is 9.65. The Kier molecular flexibility index (Phi) is 2.80. The van der Waals surface area contributed by atoms with Crippen molar-refractivity contribution in [2.75, 3.05) is 13.1 Å². The lowest BCUT2D eigenvalue weighted by Crippen LogP contribution is -2.60. The molecular weight excluding hydrogens is 190 g/mol. The van der Waals surface area contributed by atoms with Crippen LogP contribution in [0.5, 0.6) is 0 Å². The fourth-order valence-electron chi connectivity index (χ4n) is 2.01. The van der Waals surface area contributed by atoms with Crippen LogP contribution in [0.15, 0.2) is 16.9 Å². The van der Waals surface area contributed by atoms with Gasteiger partial charge in [-0.25, -0.2) is 0 Å². The van der Waals surface area contributed by atoms with Gasteiger partial charge in [0.2, 0.25) is 0 Å². The van der Waals surface area contributed by atoms with Gasteiger partial charge in [-0.15, -0.1) is 0 Å². The lowest BCUT2D eigenvalue weighted by Gasteiger charge is -2.43. The molecule has 0 aliphatic carbocycles. The van der Waals surface area contributed by atoms with Gasteiger partial charge in [0.25, 0.3) is 0 Å². The normalized spacial score (nSPS) is 26.7. The first-order chi connectivity index (χ1) is 7.07. The van der Waals surface area contributed by atoms with Crippen LogP contribution >= 0.6 is 0 Å². The Hall–Kier alpha value is -0.870. The Morgan fingerprint density at radius 1 is 1.67 bits per heavy atom. The Balaban J connectivity index is 2.01. The van der Waals surface area contributed by atoms with Crippen LogP contribution < -0.4 is 5.32 Å². The highest BCUT2D eigenvalue weighted by Gasteiger charge is 2.30. The largest absolute Gasteiger partial charge is 0.364 e. The van der Waals surface area contributed by atoms with E-state index in [9.17, 15) is 0 Å².